The molecule has 0 amide bonds. The van der Waals surface area contributed by atoms with Crippen LogP contribution in [0.5, 0.6) is 0 Å². The highest BCUT2D eigenvalue weighted by atomic mass is 14.7. The minimum atomic E-state index is 0.956. The molecule has 0 saturated heterocycles. The smallest absolute Gasteiger partial charge is 0.0407 e. The van der Waals surface area contributed by atoms with E-state index < -0.39 is 0 Å². The van der Waals surface area contributed by atoms with Gasteiger partial charge < -0.3 is 0 Å². The van der Waals surface area contributed by atoms with Crippen molar-refractivity contribution in [2.75, 3.05) is 0 Å². The molecule has 28 heavy (non-hydrogen) atoms. The molecule has 0 spiro atoms. The van der Waals surface area contributed by atoms with E-state index in [9.17, 15) is 0 Å². The molecule has 0 fully saturated rings. The van der Waals surface area contributed by atoms with Crippen molar-refractivity contribution in [3.05, 3.63) is 120 Å². The average molecular weight is 368 g/mol. The van der Waals surface area contributed by atoms with Crippen molar-refractivity contribution in [1.82, 2.24) is 19.9 Å². The molecule has 4 heteroatoms. The number of aromatic nitrogens is 4. The minimum Gasteiger partial charge on any atom is -0.265 e. The van der Waals surface area contributed by atoms with Gasteiger partial charge in [-0.15, -0.1) is 0 Å². The molecule has 0 aromatic carbocycles. The molecule has 0 aliphatic rings. The van der Waals surface area contributed by atoms with Gasteiger partial charge in [0.2, 0.25) is 0 Å². The molecule has 0 unspecified atom stereocenters. The first kappa shape index (κ1) is 19.4. The SMILES string of the molecule is c1cc(CCc2ccncc2)ccn1.c1ccc(CCc2ccccn2)nc1. The molecule has 4 rings (SSSR count). The van der Waals surface area contributed by atoms with Crippen LogP contribution in [0.25, 0.3) is 0 Å². The summed E-state index contributed by atoms with van der Waals surface area (Å²) in [6.07, 6.45) is 15.0. The third-order valence-electron chi connectivity index (χ3n) is 4.29. The Labute approximate surface area is 166 Å². The maximum absolute atomic E-state index is 4.27. The molecule has 0 aliphatic carbocycles. The summed E-state index contributed by atoms with van der Waals surface area (Å²) < 4.78 is 0. The van der Waals surface area contributed by atoms with Gasteiger partial charge in [0.15, 0.2) is 0 Å². The lowest BCUT2D eigenvalue weighted by molar-refractivity contribution is 0.880. The summed E-state index contributed by atoms with van der Waals surface area (Å²) >= 11 is 0. The summed E-state index contributed by atoms with van der Waals surface area (Å²) in [5.41, 5.74) is 4.91. The molecule has 4 nitrogen and oxygen atoms in total. The zero-order valence-corrected chi connectivity index (χ0v) is 15.9. The molecular weight excluding hydrogens is 344 g/mol. The Balaban J connectivity index is 0.000000161. The molecule has 4 aromatic heterocycles. The van der Waals surface area contributed by atoms with Crippen molar-refractivity contribution in [1.29, 1.82) is 0 Å². The van der Waals surface area contributed by atoms with E-state index in [0.29, 0.717) is 0 Å². The Morgan fingerprint density at radius 3 is 1.21 bits per heavy atom. The van der Waals surface area contributed by atoms with E-state index in [1.165, 1.54) is 11.1 Å². The Bertz CT molecular complexity index is 740. The first-order valence-electron chi connectivity index (χ1n) is 9.48. The van der Waals surface area contributed by atoms with Crippen molar-refractivity contribution < 1.29 is 0 Å². The number of pyridine rings is 4. The highest BCUT2D eigenvalue weighted by molar-refractivity contribution is 5.15. The first-order chi connectivity index (χ1) is 13.9. The molecule has 0 atom stereocenters. The van der Waals surface area contributed by atoms with Crippen molar-refractivity contribution >= 4 is 0 Å². The largest absolute Gasteiger partial charge is 0.265 e. The van der Waals surface area contributed by atoms with Crippen molar-refractivity contribution in [3.8, 4) is 0 Å². The van der Waals surface area contributed by atoms with Crippen LogP contribution in [0.3, 0.4) is 0 Å². The summed E-state index contributed by atoms with van der Waals surface area (Å²) in [6, 6.07) is 20.2. The van der Waals surface area contributed by atoms with Crippen LogP contribution in [0.4, 0.5) is 0 Å². The van der Waals surface area contributed by atoms with Crippen LogP contribution < -0.4 is 0 Å². The van der Waals surface area contributed by atoms with Crippen LogP contribution in [0, 0.1) is 0 Å². The fraction of sp³-hybridized carbons (Fsp3) is 0.167. The van der Waals surface area contributed by atoms with Crippen LogP contribution in [-0.4, -0.2) is 19.9 Å². The van der Waals surface area contributed by atoms with Crippen LogP contribution in [0.2, 0.25) is 0 Å². The fourth-order valence-corrected chi connectivity index (χ4v) is 2.74. The quantitative estimate of drug-likeness (QED) is 0.502. The van der Waals surface area contributed by atoms with Gasteiger partial charge >= 0.3 is 0 Å². The van der Waals surface area contributed by atoms with E-state index >= 15 is 0 Å². The van der Waals surface area contributed by atoms with Gasteiger partial charge in [0.05, 0.1) is 0 Å². The summed E-state index contributed by atoms with van der Waals surface area (Å²) in [7, 11) is 0. The lowest BCUT2D eigenvalue weighted by Crippen LogP contribution is -1.95. The maximum atomic E-state index is 4.27. The summed E-state index contributed by atoms with van der Waals surface area (Å²) in [4.78, 5) is 16.5. The van der Waals surface area contributed by atoms with Gasteiger partial charge in [0.25, 0.3) is 0 Å². The molecular formula is C24H24N4. The normalized spacial score (nSPS) is 10.0. The predicted molar refractivity (Wildman–Crippen MR) is 112 cm³/mol. The summed E-state index contributed by atoms with van der Waals surface area (Å²) in [5.74, 6) is 0. The van der Waals surface area contributed by atoms with Crippen LogP contribution >= 0.6 is 0 Å². The first-order valence-corrected chi connectivity index (χ1v) is 9.48. The Hall–Kier alpha value is -3.40. The highest BCUT2D eigenvalue weighted by Gasteiger charge is 1.96. The van der Waals surface area contributed by atoms with Gasteiger partial charge in [-0.1, -0.05) is 12.1 Å². The van der Waals surface area contributed by atoms with Crippen molar-refractivity contribution in [2.45, 2.75) is 25.7 Å². The third kappa shape index (κ3) is 7.08. The zero-order valence-electron chi connectivity index (χ0n) is 15.9. The third-order valence-corrected chi connectivity index (χ3v) is 4.29. The lowest BCUT2D eigenvalue weighted by atomic mass is 10.1. The van der Waals surface area contributed by atoms with E-state index in [1.54, 1.807) is 0 Å². The molecule has 4 heterocycles. The van der Waals surface area contributed by atoms with Gasteiger partial charge in [-0.2, -0.15) is 0 Å². The topological polar surface area (TPSA) is 51.6 Å². The number of hydrogen-bond donors (Lipinski definition) is 0. The van der Waals surface area contributed by atoms with E-state index in [1.807, 2.05) is 73.6 Å². The van der Waals surface area contributed by atoms with E-state index in [-0.39, 0.29) is 0 Å². The predicted octanol–water partition coefficient (Wildman–Crippen LogP) is 4.52. The summed E-state index contributed by atoms with van der Waals surface area (Å²) in [5, 5.41) is 0. The number of rotatable bonds is 6. The van der Waals surface area contributed by atoms with Crippen LogP contribution in [-0.2, 0) is 25.7 Å². The standard InChI is InChI=1S/2C12H12N2/c1-3-9-13-11(5-1)7-8-12-6-2-4-10-14-12;1(11-3-7-13-8-4-11)2-12-5-9-14-10-6-12/h1-6,9-10H,7-8H2;3-10H,1-2H2. The fourth-order valence-electron chi connectivity index (χ4n) is 2.74. The van der Waals surface area contributed by atoms with Gasteiger partial charge in [0.1, 0.15) is 0 Å². The van der Waals surface area contributed by atoms with Gasteiger partial charge in [-0.05, 0) is 85.3 Å². The second-order valence-electron chi connectivity index (χ2n) is 6.35. The molecule has 0 saturated carbocycles. The molecule has 4 aromatic rings. The maximum Gasteiger partial charge on any atom is 0.0407 e. The van der Waals surface area contributed by atoms with E-state index in [2.05, 4.69) is 44.2 Å². The summed E-state index contributed by atoms with van der Waals surface area (Å²) in [6.45, 7) is 0. The molecule has 0 bridgehead atoms. The van der Waals surface area contributed by atoms with E-state index in [0.717, 1.165) is 37.1 Å². The van der Waals surface area contributed by atoms with Gasteiger partial charge in [-0.25, -0.2) is 0 Å². The Kier molecular flexibility index (Phi) is 7.84. The second kappa shape index (κ2) is 11.3. The monoisotopic (exact) mass is 368 g/mol. The second-order valence-corrected chi connectivity index (χ2v) is 6.35. The number of aryl methyl sites for hydroxylation is 4. The van der Waals surface area contributed by atoms with E-state index in [4.69, 9.17) is 0 Å². The number of hydrogen-bond acceptors (Lipinski definition) is 4. The average Bonchev–Trinajstić information content (AvgIpc) is 2.80. The van der Waals surface area contributed by atoms with Crippen LogP contribution in [0.1, 0.15) is 22.5 Å². The molecule has 0 radical (unpaired) electrons. The lowest BCUT2D eigenvalue weighted by Gasteiger charge is -2.00. The molecule has 140 valence electrons. The Morgan fingerprint density at radius 2 is 0.857 bits per heavy atom. The van der Waals surface area contributed by atoms with Crippen LogP contribution in [0.15, 0.2) is 97.8 Å². The minimum absolute atomic E-state index is 0.956. The Morgan fingerprint density at radius 1 is 0.429 bits per heavy atom. The van der Waals surface area contributed by atoms with Crippen molar-refractivity contribution in [2.24, 2.45) is 0 Å². The zero-order chi connectivity index (χ0) is 19.3. The van der Waals surface area contributed by atoms with Gasteiger partial charge in [0, 0.05) is 48.6 Å². The molecule has 0 aliphatic heterocycles. The number of nitrogens with zero attached hydrogens (tertiary/aromatic N) is 4. The molecule has 0 N–H and O–H groups in total. The highest BCUT2D eigenvalue weighted by Crippen LogP contribution is 2.05. The van der Waals surface area contributed by atoms with Gasteiger partial charge in [-0.3, -0.25) is 19.9 Å². The van der Waals surface area contributed by atoms with Crippen molar-refractivity contribution in [3.63, 3.8) is 0 Å².